The van der Waals surface area contributed by atoms with E-state index in [2.05, 4.69) is 10.3 Å². The van der Waals surface area contributed by atoms with Gasteiger partial charge in [-0.3, -0.25) is 4.79 Å². The molecule has 1 aliphatic heterocycles. The quantitative estimate of drug-likeness (QED) is 0.499. The van der Waals surface area contributed by atoms with E-state index in [1.165, 1.54) is 0 Å². The van der Waals surface area contributed by atoms with Gasteiger partial charge in [0.15, 0.2) is 11.5 Å². The third-order valence-electron chi connectivity index (χ3n) is 4.83. The van der Waals surface area contributed by atoms with Crippen molar-refractivity contribution in [1.82, 2.24) is 4.98 Å². The molecule has 0 amide bonds. The predicted octanol–water partition coefficient (Wildman–Crippen LogP) is 4.44. The van der Waals surface area contributed by atoms with Gasteiger partial charge in [0.25, 0.3) is 0 Å². The van der Waals surface area contributed by atoms with E-state index in [4.69, 9.17) is 14.6 Å². The molecule has 7 heteroatoms. The van der Waals surface area contributed by atoms with Gasteiger partial charge in [0.05, 0.1) is 5.69 Å². The zero-order valence-corrected chi connectivity index (χ0v) is 16.5. The number of rotatable bonds is 7. The van der Waals surface area contributed by atoms with Crippen LogP contribution in [0.2, 0.25) is 0 Å². The molecular formula is C23H22N2O5. The molecule has 2 aromatic carbocycles. The Kier molecular flexibility index (Phi) is 5.43. The minimum Gasteiger partial charge on any atom is -0.507 e. The third-order valence-corrected chi connectivity index (χ3v) is 4.83. The van der Waals surface area contributed by atoms with Crippen LogP contribution in [0, 0.1) is 6.92 Å². The summed E-state index contributed by atoms with van der Waals surface area (Å²) in [6.07, 6.45) is 0.555. The lowest BCUT2D eigenvalue weighted by atomic mass is 10.0. The highest BCUT2D eigenvalue weighted by Gasteiger charge is 2.20. The molecular weight excluding hydrogens is 384 g/mol. The number of aromatic hydroxyl groups is 1. The van der Waals surface area contributed by atoms with E-state index < -0.39 is 5.97 Å². The van der Waals surface area contributed by atoms with Gasteiger partial charge in [-0.2, -0.15) is 0 Å². The summed E-state index contributed by atoms with van der Waals surface area (Å²) in [5, 5.41) is 22.4. The number of phenols is 1. The fourth-order valence-corrected chi connectivity index (χ4v) is 3.38. The molecule has 0 unspecified atom stereocenters. The Morgan fingerprint density at radius 1 is 1.13 bits per heavy atom. The number of nitrogens with zero attached hydrogens (tertiary/aromatic N) is 1. The zero-order chi connectivity index (χ0) is 21.1. The van der Waals surface area contributed by atoms with Crippen LogP contribution in [0.1, 0.15) is 18.4 Å². The average molecular weight is 406 g/mol. The molecule has 0 radical (unpaired) electrons. The summed E-state index contributed by atoms with van der Waals surface area (Å²) < 4.78 is 11.2. The van der Waals surface area contributed by atoms with Crippen LogP contribution in [0.4, 0.5) is 5.82 Å². The average Bonchev–Trinajstić information content (AvgIpc) is 3.21. The highest BCUT2D eigenvalue weighted by Crippen LogP contribution is 2.42. The topological polar surface area (TPSA) is 101 Å². The molecule has 4 rings (SSSR count). The number of anilines is 1. The van der Waals surface area contributed by atoms with Gasteiger partial charge in [-0.05, 0) is 49.2 Å². The summed E-state index contributed by atoms with van der Waals surface area (Å²) in [6.45, 7) is 2.59. The second-order valence-electron chi connectivity index (χ2n) is 7.11. The van der Waals surface area contributed by atoms with E-state index in [-0.39, 0.29) is 19.0 Å². The van der Waals surface area contributed by atoms with Crippen molar-refractivity contribution in [2.24, 2.45) is 0 Å². The number of aromatic nitrogens is 1. The number of carboxylic acid groups (broad SMARTS) is 1. The largest absolute Gasteiger partial charge is 0.507 e. The third kappa shape index (κ3) is 4.15. The van der Waals surface area contributed by atoms with Crippen molar-refractivity contribution < 1.29 is 24.5 Å². The maximum Gasteiger partial charge on any atom is 0.303 e. The number of para-hydroxylation sites is 1. The number of benzene rings is 2. The molecule has 154 valence electrons. The summed E-state index contributed by atoms with van der Waals surface area (Å²) in [5.74, 6) is 1.24. The lowest BCUT2D eigenvalue weighted by Crippen LogP contribution is -2.06. The minimum absolute atomic E-state index is 0.0790. The molecule has 0 atom stereocenters. The van der Waals surface area contributed by atoms with E-state index in [0.717, 1.165) is 16.7 Å². The molecule has 0 bridgehead atoms. The maximum absolute atomic E-state index is 10.8. The first-order chi connectivity index (χ1) is 14.5. The Morgan fingerprint density at radius 3 is 2.83 bits per heavy atom. The van der Waals surface area contributed by atoms with E-state index in [1.54, 1.807) is 6.07 Å². The van der Waals surface area contributed by atoms with Gasteiger partial charge in [0.2, 0.25) is 6.79 Å². The summed E-state index contributed by atoms with van der Waals surface area (Å²) in [6, 6.07) is 14.8. The van der Waals surface area contributed by atoms with Crippen molar-refractivity contribution >= 4 is 11.8 Å². The van der Waals surface area contributed by atoms with Gasteiger partial charge >= 0.3 is 5.97 Å². The number of hydrogen-bond acceptors (Lipinski definition) is 6. The van der Waals surface area contributed by atoms with Crippen LogP contribution in [0.5, 0.6) is 17.2 Å². The number of aliphatic carboxylic acids is 1. The Bertz CT molecular complexity index is 1100. The first-order valence-electron chi connectivity index (χ1n) is 9.68. The minimum atomic E-state index is -0.833. The van der Waals surface area contributed by atoms with Crippen LogP contribution in [-0.2, 0) is 4.79 Å². The van der Waals surface area contributed by atoms with Gasteiger partial charge in [-0.1, -0.05) is 23.8 Å². The van der Waals surface area contributed by atoms with Gasteiger partial charge < -0.3 is 25.0 Å². The van der Waals surface area contributed by atoms with E-state index >= 15 is 0 Å². The van der Waals surface area contributed by atoms with Gasteiger partial charge in [-0.25, -0.2) is 4.98 Å². The lowest BCUT2D eigenvalue weighted by molar-refractivity contribution is -0.137. The van der Waals surface area contributed by atoms with Crippen LogP contribution in [0.3, 0.4) is 0 Å². The van der Waals surface area contributed by atoms with Gasteiger partial charge in [0, 0.05) is 24.1 Å². The van der Waals surface area contributed by atoms with Crippen molar-refractivity contribution in [2.45, 2.75) is 19.8 Å². The van der Waals surface area contributed by atoms with E-state index in [9.17, 15) is 9.90 Å². The summed E-state index contributed by atoms with van der Waals surface area (Å²) in [5.41, 5.74) is 3.93. The number of fused-ring (bicyclic) bond motifs is 1. The van der Waals surface area contributed by atoms with Crippen molar-refractivity contribution in [1.29, 1.82) is 0 Å². The van der Waals surface area contributed by atoms with Crippen LogP contribution in [0.25, 0.3) is 22.4 Å². The fraction of sp³-hybridized carbons (Fsp3) is 0.217. The number of hydrogen-bond donors (Lipinski definition) is 3. The highest BCUT2D eigenvalue weighted by atomic mass is 16.7. The van der Waals surface area contributed by atoms with Crippen LogP contribution in [-0.4, -0.2) is 34.5 Å². The van der Waals surface area contributed by atoms with Gasteiger partial charge in [-0.15, -0.1) is 0 Å². The molecule has 0 fully saturated rings. The van der Waals surface area contributed by atoms with Crippen molar-refractivity contribution in [3.8, 4) is 39.6 Å². The molecule has 7 nitrogen and oxygen atoms in total. The molecule has 0 spiro atoms. The molecule has 0 aliphatic carbocycles. The van der Waals surface area contributed by atoms with E-state index in [0.29, 0.717) is 41.5 Å². The number of nitrogens with one attached hydrogen (secondary N) is 1. The second kappa shape index (κ2) is 8.32. The van der Waals surface area contributed by atoms with Gasteiger partial charge in [0.1, 0.15) is 11.6 Å². The molecule has 1 aliphatic rings. The Morgan fingerprint density at radius 2 is 2.00 bits per heavy atom. The first kappa shape index (κ1) is 19.6. The summed E-state index contributed by atoms with van der Waals surface area (Å²) in [7, 11) is 0. The summed E-state index contributed by atoms with van der Waals surface area (Å²) in [4.78, 5) is 15.4. The Labute approximate surface area is 173 Å². The first-order valence-corrected chi connectivity index (χ1v) is 9.68. The molecule has 30 heavy (non-hydrogen) atoms. The highest BCUT2D eigenvalue weighted by molar-refractivity contribution is 5.81. The number of pyridine rings is 1. The van der Waals surface area contributed by atoms with Crippen molar-refractivity contribution in [3.63, 3.8) is 0 Å². The Hall–Kier alpha value is -3.74. The molecule has 0 saturated heterocycles. The number of carboxylic acids is 1. The van der Waals surface area contributed by atoms with E-state index in [1.807, 2.05) is 49.4 Å². The molecule has 3 aromatic rings. The zero-order valence-electron chi connectivity index (χ0n) is 16.5. The summed E-state index contributed by atoms with van der Waals surface area (Å²) >= 11 is 0. The molecule has 2 heterocycles. The maximum atomic E-state index is 10.8. The second-order valence-corrected chi connectivity index (χ2v) is 7.11. The smallest absolute Gasteiger partial charge is 0.303 e. The SMILES string of the molecule is Cc1ccc(O)c(-c2cc(-c3cccc4c3OCO4)cc(NCCCC(=O)O)n2)c1. The number of aryl methyl sites for hydroxylation is 1. The van der Waals surface area contributed by atoms with Crippen molar-refractivity contribution in [2.75, 3.05) is 18.7 Å². The fourth-order valence-electron chi connectivity index (χ4n) is 3.38. The van der Waals surface area contributed by atoms with Crippen LogP contribution < -0.4 is 14.8 Å². The molecule has 1 aromatic heterocycles. The number of phenolic OH excluding ortho intramolecular Hbond substituents is 1. The number of ether oxygens (including phenoxy) is 2. The lowest BCUT2D eigenvalue weighted by Gasteiger charge is -2.13. The normalized spacial score (nSPS) is 12.0. The van der Waals surface area contributed by atoms with Crippen molar-refractivity contribution in [3.05, 3.63) is 54.1 Å². The standard InChI is InChI=1S/C23H22N2O5/c1-14-7-8-19(26)17(10-14)18-11-15(12-21(25-18)24-9-3-6-22(27)28)16-4-2-5-20-23(16)30-13-29-20/h2,4-5,7-8,10-12,26H,3,6,9,13H2,1H3,(H,24,25)(H,27,28). The number of carbonyl (C=O) groups is 1. The monoisotopic (exact) mass is 406 g/mol. The molecule has 0 saturated carbocycles. The molecule has 3 N–H and O–H groups in total. The Balaban J connectivity index is 1.76. The predicted molar refractivity (Wildman–Crippen MR) is 113 cm³/mol. The van der Waals surface area contributed by atoms with Crippen LogP contribution >= 0.6 is 0 Å². The van der Waals surface area contributed by atoms with Crippen LogP contribution in [0.15, 0.2) is 48.5 Å².